The molecule has 1 fully saturated rings. The molecule has 0 aromatic rings. The minimum atomic E-state index is -0.795. The summed E-state index contributed by atoms with van der Waals surface area (Å²) in [5.74, 6) is -0.993. The number of hydrogen-bond acceptors (Lipinski definition) is 9. The number of carbonyl (C=O) groups is 4. The Morgan fingerprint density at radius 2 is 1.04 bits per heavy atom. The van der Waals surface area contributed by atoms with Gasteiger partial charge in [0.15, 0.2) is 0 Å². The molecule has 0 aromatic carbocycles. The number of esters is 4. The molecule has 1 aliphatic carbocycles. The molecular formula is C47H87NO8. The van der Waals surface area contributed by atoms with Gasteiger partial charge in [-0.25, -0.2) is 0 Å². The highest BCUT2D eigenvalue weighted by Gasteiger charge is 2.39. The van der Waals surface area contributed by atoms with Crippen molar-refractivity contribution in [2.75, 3.05) is 33.9 Å². The van der Waals surface area contributed by atoms with Crippen LogP contribution in [0.5, 0.6) is 0 Å². The third-order valence-electron chi connectivity index (χ3n) is 11.5. The number of ether oxygens (including phenoxy) is 4. The molecule has 9 heteroatoms. The molecule has 0 saturated heterocycles. The van der Waals surface area contributed by atoms with E-state index >= 15 is 0 Å². The zero-order valence-corrected chi connectivity index (χ0v) is 37.7. The Hall–Kier alpha value is -2.16. The Balaban J connectivity index is 2.66. The van der Waals surface area contributed by atoms with Gasteiger partial charge in [0.05, 0.1) is 13.2 Å². The fourth-order valence-electron chi connectivity index (χ4n) is 8.16. The Kier molecular flexibility index (Phi) is 28.6. The van der Waals surface area contributed by atoms with Crippen LogP contribution < -0.4 is 0 Å². The predicted octanol–water partition coefficient (Wildman–Crippen LogP) is 11.7. The van der Waals surface area contributed by atoms with Gasteiger partial charge in [0.1, 0.15) is 11.7 Å². The van der Waals surface area contributed by atoms with Crippen LogP contribution in [0.1, 0.15) is 215 Å². The largest absolute Gasteiger partial charge is 0.465 e. The first kappa shape index (κ1) is 51.9. The van der Waals surface area contributed by atoms with E-state index in [1.54, 1.807) is 0 Å². The van der Waals surface area contributed by atoms with Gasteiger partial charge in [-0.3, -0.25) is 19.2 Å². The minimum Gasteiger partial charge on any atom is -0.465 e. The molecule has 1 rings (SSSR count). The lowest BCUT2D eigenvalue weighted by molar-refractivity contribution is -0.162. The van der Waals surface area contributed by atoms with Gasteiger partial charge in [-0.15, -0.1) is 0 Å². The normalized spacial score (nSPS) is 16.0. The molecule has 1 saturated carbocycles. The maximum absolute atomic E-state index is 13.2. The second-order valence-electron chi connectivity index (χ2n) is 18.5. The molecule has 328 valence electrons. The van der Waals surface area contributed by atoms with Crippen LogP contribution in [0.4, 0.5) is 0 Å². The van der Waals surface area contributed by atoms with Crippen LogP contribution in [0.25, 0.3) is 0 Å². The van der Waals surface area contributed by atoms with Crippen molar-refractivity contribution in [3.63, 3.8) is 0 Å². The van der Waals surface area contributed by atoms with Crippen molar-refractivity contribution in [1.82, 2.24) is 4.90 Å². The summed E-state index contributed by atoms with van der Waals surface area (Å²) in [6.45, 7) is 13.6. The molecular weight excluding hydrogens is 707 g/mol. The van der Waals surface area contributed by atoms with E-state index in [-0.39, 0.29) is 61.5 Å². The number of nitrogens with zero attached hydrogens (tertiary/aromatic N) is 1. The van der Waals surface area contributed by atoms with Gasteiger partial charge in [0.2, 0.25) is 0 Å². The van der Waals surface area contributed by atoms with Gasteiger partial charge in [-0.2, -0.15) is 0 Å². The lowest BCUT2D eigenvalue weighted by Gasteiger charge is -2.39. The number of rotatable bonds is 35. The number of unbranched alkanes of at least 4 members (excludes halogenated alkanes) is 16. The summed E-state index contributed by atoms with van der Waals surface area (Å²) in [7, 11) is 3.97. The van der Waals surface area contributed by atoms with Crippen LogP contribution in [-0.2, 0) is 38.1 Å². The predicted molar refractivity (Wildman–Crippen MR) is 227 cm³/mol. The van der Waals surface area contributed by atoms with Gasteiger partial charge >= 0.3 is 23.9 Å². The average Bonchev–Trinajstić information content (AvgIpc) is 3.54. The summed E-state index contributed by atoms with van der Waals surface area (Å²) < 4.78 is 23.5. The minimum absolute atomic E-state index is 0.119. The molecule has 0 aliphatic heterocycles. The van der Waals surface area contributed by atoms with Crippen molar-refractivity contribution in [3.05, 3.63) is 0 Å². The van der Waals surface area contributed by atoms with E-state index in [2.05, 4.69) is 32.6 Å². The van der Waals surface area contributed by atoms with Gasteiger partial charge in [0, 0.05) is 31.6 Å². The molecule has 0 heterocycles. The molecule has 56 heavy (non-hydrogen) atoms. The van der Waals surface area contributed by atoms with E-state index in [1.165, 1.54) is 77.0 Å². The zero-order valence-electron chi connectivity index (χ0n) is 37.7. The Morgan fingerprint density at radius 1 is 0.589 bits per heavy atom. The fraction of sp³-hybridized carbons (Fsp3) is 0.915. The van der Waals surface area contributed by atoms with Crippen molar-refractivity contribution in [3.8, 4) is 0 Å². The SMILES string of the molecule is CCCCCCCCCCCC(=O)OCC(COC(=O)CCCCCCCCCCC)C(C)(C)CC(C)(C)OC(=O)CC1CCC(OC(=O)CCCN(C)C)C1. The van der Waals surface area contributed by atoms with Crippen LogP contribution in [0.2, 0.25) is 0 Å². The lowest BCUT2D eigenvalue weighted by atomic mass is 9.72. The molecule has 0 bridgehead atoms. The Labute approximate surface area is 343 Å². The first-order chi connectivity index (χ1) is 26.7. The maximum Gasteiger partial charge on any atom is 0.306 e. The van der Waals surface area contributed by atoms with Crippen LogP contribution in [0.15, 0.2) is 0 Å². The highest BCUT2D eigenvalue weighted by molar-refractivity contribution is 5.71. The van der Waals surface area contributed by atoms with E-state index in [1.807, 2.05) is 27.9 Å². The van der Waals surface area contributed by atoms with E-state index in [4.69, 9.17) is 18.9 Å². The molecule has 2 atom stereocenters. The van der Waals surface area contributed by atoms with Crippen molar-refractivity contribution in [2.24, 2.45) is 17.3 Å². The Bertz CT molecular complexity index is 1020. The summed E-state index contributed by atoms with van der Waals surface area (Å²) in [5, 5.41) is 0. The zero-order chi connectivity index (χ0) is 41.7. The molecule has 0 N–H and O–H groups in total. The molecule has 0 amide bonds. The van der Waals surface area contributed by atoms with E-state index < -0.39 is 11.0 Å². The quantitative estimate of drug-likeness (QED) is 0.0352. The smallest absolute Gasteiger partial charge is 0.306 e. The van der Waals surface area contributed by atoms with E-state index in [0.717, 1.165) is 64.3 Å². The molecule has 0 radical (unpaired) electrons. The van der Waals surface area contributed by atoms with Crippen LogP contribution in [0.3, 0.4) is 0 Å². The van der Waals surface area contributed by atoms with Crippen LogP contribution >= 0.6 is 0 Å². The average molecular weight is 794 g/mol. The first-order valence-corrected chi connectivity index (χ1v) is 23.0. The summed E-state index contributed by atoms with van der Waals surface area (Å²) >= 11 is 0. The van der Waals surface area contributed by atoms with Crippen molar-refractivity contribution >= 4 is 23.9 Å². The maximum atomic E-state index is 13.2. The van der Waals surface area contributed by atoms with Gasteiger partial charge in [-0.05, 0) is 90.8 Å². The van der Waals surface area contributed by atoms with E-state index in [0.29, 0.717) is 32.1 Å². The molecule has 9 nitrogen and oxygen atoms in total. The number of carbonyl (C=O) groups excluding carboxylic acids is 4. The Morgan fingerprint density at radius 3 is 1.50 bits per heavy atom. The highest BCUT2D eigenvalue weighted by Crippen LogP contribution is 2.39. The highest BCUT2D eigenvalue weighted by atomic mass is 16.6. The van der Waals surface area contributed by atoms with Gasteiger partial charge in [-0.1, -0.05) is 130 Å². The lowest BCUT2D eigenvalue weighted by Crippen LogP contribution is -2.41. The third kappa shape index (κ3) is 27.5. The second-order valence-corrected chi connectivity index (χ2v) is 18.5. The fourth-order valence-corrected chi connectivity index (χ4v) is 8.16. The van der Waals surface area contributed by atoms with Crippen molar-refractivity contribution in [2.45, 2.75) is 227 Å². The summed E-state index contributed by atoms with van der Waals surface area (Å²) in [5.41, 5.74) is -1.27. The summed E-state index contributed by atoms with van der Waals surface area (Å²) in [6, 6.07) is 0. The van der Waals surface area contributed by atoms with E-state index in [9.17, 15) is 19.2 Å². The second kappa shape index (κ2) is 30.9. The number of hydrogen-bond donors (Lipinski definition) is 0. The topological polar surface area (TPSA) is 108 Å². The molecule has 1 aliphatic rings. The third-order valence-corrected chi connectivity index (χ3v) is 11.5. The molecule has 2 unspecified atom stereocenters. The van der Waals surface area contributed by atoms with Gasteiger partial charge < -0.3 is 23.8 Å². The summed E-state index contributed by atoms with van der Waals surface area (Å²) in [4.78, 5) is 53.2. The van der Waals surface area contributed by atoms with Crippen molar-refractivity contribution in [1.29, 1.82) is 0 Å². The van der Waals surface area contributed by atoms with Gasteiger partial charge in [0.25, 0.3) is 0 Å². The standard InChI is InChI=1S/C47H87NO8/c1-9-11-13-15-17-19-21-23-25-28-42(49)53-36-40(37-54-43(50)29-26-24-22-20-18-16-14-12-10-2)46(3,4)38-47(5,6)56-45(52)35-39-31-32-41(34-39)55-44(51)30-27-33-48(7)8/h39-41H,9-38H2,1-8H3. The summed E-state index contributed by atoms with van der Waals surface area (Å²) in [6.07, 6.45) is 26.2. The van der Waals surface area contributed by atoms with Crippen molar-refractivity contribution < 1.29 is 38.1 Å². The first-order valence-electron chi connectivity index (χ1n) is 23.0. The molecule has 0 aromatic heterocycles. The monoisotopic (exact) mass is 794 g/mol. The molecule has 0 spiro atoms. The van der Waals surface area contributed by atoms with Crippen LogP contribution in [-0.4, -0.2) is 74.3 Å². The van der Waals surface area contributed by atoms with Crippen LogP contribution in [0, 0.1) is 17.3 Å².